The molecule has 1 heterocycles. The number of hydrogen-bond donors (Lipinski definition) is 0. The Bertz CT molecular complexity index is 1880. The van der Waals surface area contributed by atoms with Gasteiger partial charge in [0.05, 0.1) is 0 Å². The molecule has 0 aliphatic carbocycles. The van der Waals surface area contributed by atoms with Crippen LogP contribution in [0, 0.1) is 0 Å². The first-order valence-corrected chi connectivity index (χ1v) is 29.7. The molecule has 0 aromatic heterocycles. The molecule has 5 rings (SSSR count). The molecule has 0 spiro atoms. The maximum Gasteiger partial charge on any atom is 0.376 e. The van der Waals surface area contributed by atoms with Gasteiger partial charge in [0.1, 0.15) is 15.0 Å². The van der Waals surface area contributed by atoms with Crippen LogP contribution in [-0.4, -0.2) is 15.7 Å². The van der Waals surface area contributed by atoms with Crippen LogP contribution in [0.2, 0.25) is 16.6 Å². The maximum absolute atomic E-state index is 8.79. The molecule has 58 heavy (non-hydrogen) atoms. The van der Waals surface area contributed by atoms with Crippen molar-refractivity contribution in [2.24, 2.45) is 0 Å². The van der Waals surface area contributed by atoms with Crippen molar-refractivity contribution in [1.82, 2.24) is 0 Å². The lowest BCUT2D eigenvalue weighted by molar-refractivity contribution is 0.478. The van der Waals surface area contributed by atoms with E-state index in [0.717, 1.165) is 22.6 Å². The minimum absolute atomic E-state index is 0.295. The summed E-state index contributed by atoms with van der Waals surface area (Å²) in [5, 5.41) is 3.02. The SMILES string of the molecule is CC(C)c1cc(C(C)C)c([Si]2(c3c(C(C)C)cc(C(C)C)cc3C(C)C)OC(c3ccccc3)=C(c3ccccc3)OP2[Si](C(C)C)(C(C)C)C(C)C)c(C(C)C)c1. The van der Waals surface area contributed by atoms with E-state index in [-0.39, 0.29) is 0 Å². The van der Waals surface area contributed by atoms with Gasteiger partial charge >= 0.3 is 7.98 Å². The average molecular weight is 833 g/mol. The van der Waals surface area contributed by atoms with Crippen molar-refractivity contribution in [2.45, 2.75) is 177 Å². The van der Waals surface area contributed by atoms with E-state index in [1.165, 1.54) is 43.8 Å². The molecule has 0 N–H and O–H groups in total. The lowest BCUT2D eigenvalue weighted by atomic mass is 9.89. The molecule has 4 aromatic carbocycles. The van der Waals surface area contributed by atoms with Crippen molar-refractivity contribution in [3.63, 3.8) is 0 Å². The lowest BCUT2D eigenvalue weighted by Crippen LogP contribution is -2.69. The molecule has 5 heteroatoms. The zero-order chi connectivity index (χ0) is 43.0. The van der Waals surface area contributed by atoms with Crippen molar-refractivity contribution in [1.29, 1.82) is 0 Å². The molecule has 1 aliphatic heterocycles. The van der Waals surface area contributed by atoms with E-state index < -0.39 is 23.0 Å². The first-order chi connectivity index (χ1) is 27.2. The Kier molecular flexibility index (Phi) is 14.6. The fourth-order valence-electron chi connectivity index (χ4n) is 10.2. The molecule has 0 fully saturated rings. The van der Waals surface area contributed by atoms with Crippen LogP contribution in [0.15, 0.2) is 84.9 Å². The van der Waals surface area contributed by atoms with Crippen LogP contribution < -0.4 is 10.4 Å². The fraction of sp³-hybridized carbons (Fsp3) is 0.509. The smallest absolute Gasteiger partial charge is 0.376 e. The predicted molar refractivity (Wildman–Crippen MR) is 262 cm³/mol. The molecule has 4 aromatic rings. The van der Waals surface area contributed by atoms with Gasteiger partial charge in [-0.1, -0.05) is 210 Å². The lowest BCUT2D eigenvalue weighted by Gasteiger charge is -2.57. The van der Waals surface area contributed by atoms with E-state index in [1.54, 1.807) is 0 Å². The summed E-state index contributed by atoms with van der Waals surface area (Å²) in [4.78, 5) is 0. The van der Waals surface area contributed by atoms with Crippen LogP contribution in [0.5, 0.6) is 0 Å². The Balaban J connectivity index is 2.26. The fourth-order valence-corrected chi connectivity index (χ4v) is 46.1. The first-order valence-electron chi connectivity index (χ1n) is 22.6. The Morgan fingerprint density at radius 3 is 1.00 bits per heavy atom. The van der Waals surface area contributed by atoms with E-state index in [0.29, 0.717) is 52.1 Å². The number of rotatable bonds is 14. The Hall–Kier alpha value is -2.92. The second-order valence-corrected chi connectivity index (χ2v) is 36.4. The Morgan fingerprint density at radius 2 is 0.724 bits per heavy atom. The Morgan fingerprint density at radius 1 is 0.414 bits per heavy atom. The molecule has 314 valence electrons. The molecule has 2 nitrogen and oxygen atoms in total. The summed E-state index contributed by atoms with van der Waals surface area (Å²) in [7, 11) is -7.23. The molecular weight excluding hydrogens is 756 g/mol. The predicted octanol–water partition coefficient (Wildman–Crippen LogP) is 16.1. The zero-order valence-electron chi connectivity index (χ0n) is 39.5. The third-order valence-corrected chi connectivity index (χ3v) is 40.2. The van der Waals surface area contributed by atoms with Gasteiger partial charge in [0.2, 0.25) is 0 Å². The second kappa shape index (κ2) is 18.4. The summed E-state index contributed by atoms with van der Waals surface area (Å²) in [5.74, 6) is 3.84. The number of benzene rings is 4. The summed E-state index contributed by atoms with van der Waals surface area (Å²) in [5.41, 5.74) is 12.3. The van der Waals surface area contributed by atoms with Gasteiger partial charge in [-0.15, -0.1) is 0 Å². The summed E-state index contributed by atoms with van der Waals surface area (Å²) in [6.07, 6.45) is 0. The van der Waals surface area contributed by atoms with Crippen LogP contribution in [0.1, 0.15) is 205 Å². The van der Waals surface area contributed by atoms with Crippen LogP contribution in [0.25, 0.3) is 11.5 Å². The van der Waals surface area contributed by atoms with Crippen molar-refractivity contribution in [3.8, 4) is 0 Å². The van der Waals surface area contributed by atoms with Gasteiger partial charge in [-0.25, -0.2) is 0 Å². The molecule has 0 saturated heterocycles. The van der Waals surface area contributed by atoms with E-state index in [4.69, 9.17) is 8.95 Å². The van der Waals surface area contributed by atoms with Crippen molar-refractivity contribution in [3.05, 3.63) is 129 Å². The van der Waals surface area contributed by atoms with E-state index in [9.17, 15) is 0 Å². The Labute approximate surface area is 358 Å². The molecule has 0 bridgehead atoms. The highest BCUT2D eigenvalue weighted by Crippen LogP contribution is 2.72. The highest BCUT2D eigenvalue weighted by Gasteiger charge is 2.69. The van der Waals surface area contributed by atoms with Gasteiger partial charge in [0, 0.05) is 11.1 Å². The van der Waals surface area contributed by atoms with Crippen LogP contribution >= 0.6 is 7.24 Å². The van der Waals surface area contributed by atoms with E-state index in [2.05, 4.69) is 210 Å². The molecule has 0 saturated carbocycles. The van der Waals surface area contributed by atoms with Gasteiger partial charge < -0.3 is 8.95 Å². The number of hydrogen-bond acceptors (Lipinski definition) is 2. The second-order valence-electron chi connectivity index (χ2n) is 20.0. The van der Waals surface area contributed by atoms with Crippen LogP contribution in [0.4, 0.5) is 0 Å². The quantitative estimate of drug-likeness (QED) is 0.0931. The summed E-state index contributed by atoms with van der Waals surface area (Å²) < 4.78 is 17.2. The highest BCUT2D eigenvalue weighted by molar-refractivity contribution is 8.18. The van der Waals surface area contributed by atoms with Crippen molar-refractivity contribution >= 4 is 44.9 Å². The van der Waals surface area contributed by atoms with Gasteiger partial charge in [-0.3, -0.25) is 0 Å². The molecule has 0 radical (unpaired) electrons. The van der Waals surface area contributed by atoms with Gasteiger partial charge in [0.15, 0.2) is 11.5 Å². The van der Waals surface area contributed by atoms with Crippen molar-refractivity contribution in [2.75, 3.05) is 0 Å². The van der Waals surface area contributed by atoms with Gasteiger partial charge in [0.25, 0.3) is 0 Å². The third-order valence-electron chi connectivity index (χ3n) is 13.1. The highest BCUT2D eigenvalue weighted by atomic mass is 31.6. The first kappa shape index (κ1) is 46.2. The standard InChI is InChI=1S/C53H77O2PSi2/c1-33(2)44-29-46(35(5)6)52(47(30-44)36(7)8)58(53-48(37(9)10)31-45(34(3)4)32-49(53)38(11)12)55-51(43-27-23-20-24-28-43)50(42-25-21-19-22-26-42)54-56(58)57(39(13)14,40(15)16)41(17)18/h19-41H,1-18H3. The largest absolute Gasteiger partial charge is 0.525 e. The summed E-state index contributed by atoms with van der Waals surface area (Å²) >= 11 is 0. The average Bonchev–Trinajstić information content (AvgIpc) is 3.17. The molecule has 0 amide bonds. The monoisotopic (exact) mass is 833 g/mol. The van der Waals surface area contributed by atoms with Crippen molar-refractivity contribution < 1.29 is 8.95 Å². The zero-order valence-corrected chi connectivity index (χ0v) is 42.4. The van der Waals surface area contributed by atoms with E-state index >= 15 is 0 Å². The minimum atomic E-state index is -3.51. The maximum atomic E-state index is 8.79. The molecular formula is C53H77O2PSi2. The third kappa shape index (κ3) is 8.25. The van der Waals surface area contributed by atoms with E-state index in [1.807, 2.05) is 0 Å². The van der Waals surface area contributed by atoms with Crippen LogP contribution in [0.3, 0.4) is 0 Å². The molecule has 1 unspecified atom stereocenters. The minimum Gasteiger partial charge on any atom is -0.525 e. The topological polar surface area (TPSA) is 18.5 Å². The van der Waals surface area contributed by atoms with Gasteiger partial charge in [-0.05, 0) is 95.9 Å². The summed E-state index contributed by atoms with van der Waals surface area (Å²) in [6, 6.07) is 32.2. The van der Waals surface area contributed by atoms with Gasteiger partial charge in [-0.2, -0.15) is 0 Å². The normalized spacial score (nSPS) is 16.3. The molecule has 1 atom stereocenters. The molecule has 1 aliphatic rings. The summed E-state index contributed by atoms with van der Waals surface area (Å²) in [6.45, 7) is 44.1. The van der Waals surface area contributed by atoms with Crippen LogP contribution in [-0.2, 0) is 8.95 Å².